The molecule has 0 radical (unpaired) electrons. The second-order valence-electron chi connectivity index (χ2n) is 6.18. The van der Waals surface area contributed by atoms with Gasteiger partial charge in [-0.15, -0.1) is 11.3 Å². The maximum absolute atomic E-state index is 12.6. The monoisotopic (exact) mass is 484 g/mol. The molecule has 0 saturated heterocycles. The highest BCUT2D eigenvalue weighted by Gasteiger charge is 2.15. The highest BCUT2D eigenvalue weighted by Crippen LogP contribution is 2.38. The van der Waals surface area contributed by atoms with Gasteiger partial charge in [0.1, 0.15) is 21.9 Å². The summed E-state index contributed by atoms with van der Waals surface area (Å²) in [4.78, 5) is 22.4. The van der Waals surface area contributed by atoms with Crippen molar-refractivity contribution in [2.45, 2.75) is 11.9 Å². The number of thioether (sulfide) groups is 1. The van der Waals surface area contributed by atoms with Crippen molar-refractivity contribution < 1.29 is 9.53 Å². The predicted octanol–water partition coefficient (Wildman–Crippen LogP) is 6.49. The summed E-state index contributed by atoms with van der Waals surface area (Å²) in [5, 5.41) is 3.93. The molecule has 0 aliphatic carbocycles. The molecule has 0 bridgehead atoms. The minimum Gasteiger partial charge on any atom is -0.494 e. The van der Waals surface area contributed by atoms with E-state index in [9.17, 15) is 4.79 Å². The van der Waals surface area contributed by atoms with E-state index in [1.54, 1.807) is 29.8 Å². The van der Waals surface area contributed by atoms with E-state index in [0.29, 0.717) is 17.9 Å². The van der Waals surface area contributed by atoms with Crippen LogP contribution in [0.15, 0.2) is 69.7 Å². The van der Waals surface area contributed by atoms with E-state index < -0.39 is 0 Å². The van der Waals surface area contributed by atoms with E-state index in [4.69, 9.17) is 4.74 Å². The van der Waals surface area contributed by atoms with Crippen LogP contribution in [0.4, 0.5) is 0 Å². The number of carbonyl (C=O) groups is 1. The Morgan fingerprint density at radius 2 is 1.86 bits per heavy atom. The van der Waals surface area contributed by atoms with E-state index in [2.05, 4.69) is 43.4 Å². The molecular weight excluding hydrogens is 468 g/mol. The lowest BCUT2D eigenvalue weighted by molar-refractivity contribution is 0.102. The van der Waals surface area contributed by atoms with Crippen molar-refractivity contribution in [2.75, 3.05) is 12.4 Å². The normalized spacial score (nSPS) is 11.0. The molecule has 0 aliphatic heterocycles. The maximum Gasteiger partial charge on any atom is 0.173 e. The van der Waals surface area contributed by atoms with Gasteiger partial charge in [0, 0.05) is 21.0 Å². The average molecular weight is 485 g/mol. The highest BCUT2D eigenvalue weighted by atomic mass is 79.9. The molecule has 4 nitrogen and oxygen atoms in total. The van der Waals surface area contributed by atoms with Gasteiger partial charge in [0.15, 0.2) is 5.78 Å². The topological polar surface area (TPSA) is 52.1 Å². The molecule has 0 spiro atoms. The van der Waals surface area contributed by atoms with Crippen molar-refractivity contribution in [3.8, 4) is 16.9 Å². The Balaban J connectivity index is 1.57. The van der Waals surface area contributed by atoms with Gasteiger partial charge in [-0.2, -0.15) is 0 Å². The summed E-state index contributed by atoms with van der Waals surface area (Å²) in [6.45, 7) is 2.54. The number of carbonyl (C=O) groups excluding carboxylic acids is 1. The Bertz CT molecular complexity index is 1140. The number of ketones is 1. The molecule has 4 rings (SSSR count). The summed E-state index contributed by atoms with van der Waals surface area (Å²) in [6, 6.07) is 15.4. The Labute approximate surface area is 185 Å². The second-order valence-corrected chi connectivity index (χ2v) is 8.92. The fourth-order valence-electron chi connectivity index (χ4n) is 2.92. The predicted molar refractivity (Wildman–Crippen MR) is 123 cm³/mol. The van der Waals surface area contributed by atoms with E-state index in [-0.39, 0.29) is 5.78 Å². The first kappa shape index (κ1) is 20.1. The summed E-state index contributed by atoms with van der Waals surface area (Å²) in [5.41, 5.74) is 2.87. The number of Topliss-reactive ketones (excluding diaryl/α,β-unsaturated/α-hetero) is 1. The van der Waals surface area contributed by atoms with Crippen molar-refractivity contribution >= 4 is 55.0 Å². The highest BCUT2D eigenvalue weighted by molar-refractivity contribution is 9.10. The van der Waals surface area contributed by atoms with Crippen LogP contribution in [0.25, 0.3) is 21.3 Å². The van der Waals surface area contributed by atoms with Gasteiger partial charge in [-0.1, -0.05) is 39.8 Å². The van der Waals surface area contributed by atoms with Crippen molar-refractivity contribution in [2.24, 2.45) is 0 Å². The van der Waals surface area contributed by atoms with Crippen molar-refractivity contribution in [1.29, 1.82) is 0 Å². The minimum atomic E-state index is 0.0604. The minimum absolute atomic E-state index is 0.0604. The van der Waals surface area contributed by atoms with Gasteiger partial charge < -0.3 is 4.74 Å². The third-order valence-corrected chi connectivity index (χ3v) is 6.72. The molecule has 146 valence electrons. The molecule has 0 unspecified atom stereocenters. The van der Waals surface area contributed by atoms with Gasteiger partial charge >= 0.3 is 0 Å². The Morgan fingerprint density at radius 1 is 1.10 bits per heavy atom. The van der Waals surface area contributed by atoms with Crippen LogP contribution < -0.4 is 4.74 Å². The van der Waals surface area contributed by atoms with Gasteiger partial charge in [-0.3, -0.25) is 4.79 Å². The van der Waals surface area contributed by atoms with Gasteiger partial charge in [0.25, 0.3) is 0 Å². The number of fused-ring (bicyclic) bond motifs is 1. The first-order chi connectivity index (χ1) is 14.2. The Morgan fingerprint density at radius 3 is 2.59 bits per heavy atom. The van der Waals surface area contributed by atoms with E-state index in [0.717, 1.165) is 36.6 Å². The van der Waals surface area contributed by atoms with Crippen LogP contribution >= 0.6 is 39.0 Å². The molecule has 0 saturated carbocycles. The summed E-state index contributed by atoms with van der Waals surface area (Å²) in [7, 11) is 0. The smallest absolute Gasteiger partial charge is 0.173 e. The van der Waals surface area contributed by atoms with Crippen LogP contribution in [0.5, 0.6) is 5.75 Å². The van der Waals surface area contributed by atoms with Crippen LogP contribution in [0.3, 0.4) is 0 Å². The third kappa shape index (κ3) is 4.52. The molecule has 0 fully saturated rings. The van der Waals surface area contributed by atoms with E-state index in [1.807, 2.05) is 31.2 Å². The van der Waals surface area contributed by atoms with Crippen LogP contribution in [0.2, 0.25) is 0 Å². The molecule has 7 heteroatoms. The largest absolute Gasteiger partial charge is 0.494 e. The molecule has 2 aromatic heterocycles. The van der Waals surface area contributed by atoms with E-state index in [1.165, 1.54) is 11.8 Å². The summed E-state index contributed by atoms with van der Waals surface area (Å²) in [5.74, 6) is 1.15. The van der Waals surface area contributed by atoms with Gasteiger partial charge in [0.05, 0.1) is 17.7 Å². The quantitative estimate of drug-likeness (QED) is 0.170. The fraction of sp³-hybridized carbons (Fsp3) is 0.136. The lowest BCUT2D eigenvalue weighted by atomic mass is 10.1. The summed E-state index contributed by atoms with van der Waals surface area (Å²) < 4.78 is 6.47. The number of aromatic nitrogens is 2. The maximum atomic E-state index is 12.6. The fourth-order valence-corrected chi connectivity index (χ4v) is 5.07. The Hall–Kier alpha value is -2.22. The number of nitrogens with zero attached hydrogens (tertiary/aromatic N) is 2. The van der Waals surface area contributed by atoms with Gasteiger partial charge in [-0.05, 0) is 48.9 Å². The number of hydrogen-bond donors (Lipinski definition) is 0. The summed E-state index contributed by atoms with van der Waals surface area (Å²) >= 11 is 6.52. The molecule has 0 N–H and O–H groups in total. The molecule has 0 atom stereocenters. The van der Waals surface area contributed by atoms with Crippen LogP contribution in [-0.4, -0.2) is 28.1 Å². The van der Waals surface area contributed by atoms with E-state index >= 15 is 0 Å². The molecule has 2 heterocycles. The zero-order valence-corrected chi connectivity index (χ0v) is 18.8. The molecule has 2 aromatic carbocycles. The van der Waals surface area contributed by atoms with Gasteiger partial charge in [0.2, 0.25) is 0 Å². The number of rotatable bonds is 7. The Kier molecular flexibility index (Phi) is 6.28. The second kappa shape index (κ2) is 9.07. The van der Waals surface area contributed by atoms with Crippen LogP contribution in [0, 0.1) is 0 Å². The lowest BCUT2D eigenvalue weighted by Gasteiger charge is -2.06. The standard InChI is InChI=1S/C22H17BrN2O2S2/c1-2-27-17-9-5-15(6-10-17)19(26)12-29-22-20-18(11-28-21(20)24-13-25-22)14-3-7-16(23)8-4-14/h3-11,13H,2,12H2,1H3. The zero-order chi connectivity index (χ0) is 20.2. The molecule has 29 heavy (non-hydrogen) atoms. The van der Waals surface area contributed by atoms with Gasteiger partial charge in [-0.25, -0.2) is 9.97 Å². The molecular formula is C22H17BrN2O2S2. The number of ether oxygens (including phenoxy) is 1. The number of benzene rings is 2. The average Bonchev–Trinajstić information content (AvgIpc) is 3.18. The molecule has 0 aliphatic rings. The third-order valence-electron chi connectivity index (χ3n) is 4.32. The molecule has 0 amide bonds. The van der Waals surface area contributed by atoms with Crippen molar-refractivity contribution in [3.05, 3.63) is 70.3 Å². The first-order valence-corrected chi connectivity index (χ1v) is 11.7. The van der Waals surface area contributed by atoms with Crippen molar-refractivity contribution in [3.63, 3.8) is 0 Å². The zero-order valence-electron chi connectivity index (χ0n) is 15.6. The summed E-state index contributed by atoms with van der Waals surface area (Å²) in [6.07, 6.45) is 1.56. The number of hydrogen-bond acceptors (Lipinski definition) is 6. The molecule has 4 aromatic rings. The van der Waals surface area contributed by atoms with Crippen molar-refractivity contribution in [1.82, 2.24) is 9.97 Å². The lowest BCUT2D eigenvalue weighted by Crippen LogP contribution is -2.03. The van der Waals surface area contributed by atoms with Crippen LogP contribution in [-0.2, 0) is 0 Å². The number of halogens is 1. The van der Waals surface area contributed by atoms with Crippen LogP contribution in [0.1, 0.15) is 17.3 Å². The SMILES string of the molecule is CCOc1ccc(C(=O)CSc2ncnc3scc(-c4ccc(Br)cc4)c23)cc1. The number of thiophene rings is 1. The first-order valence-electron chi connectivity index (χ1n) is 9.02.